The molecule has 0 radical (unpaired) electrons. The maximum absolute atomic E-state index is 12.8. The molecule has 0 saturated carbocycles. The van der Waals surface area contributed by atoms with E-state index >= 15 is 0 Å². The van der Waals surface area contributed by atoms with Gasteiger partial charge in [-0.15, -0.1) is 0 Å². The van der Waals surface area contributed by atoms with Crippen molar-refractivity contribution in [2.24, 2.45) is 11.3 Å². The van der Waals surface area contributed by atoms with Gasteiger partial charge in [-0.1, -0.05) is 18.2 Å². The van der Waals surface area contributed by atoms with Crippen LogP contribution >= 0.6 is 0 Å². The Balaban J connectivity index is 1.77. The van der Waals surface area contributed by atoms with Crippen molar-refractivity contribution >= 4 is 5.91 Å². The van der Waals surface area contributed by atoms with E-state index in [2.05, 4.69) is 0 Å². The SMILES string of the molecule is CCOC[C@]12COC[C@H]1CN(C(=O)c1ccccc1C)C2. The third kappa shape index (κ3) is 2.58. The smallest absolute Gasteiger partial charge is 0.254 e. The summed E-state index contributed by atoms with van der Waals surface area (Å²) in [6.07, 6.45) is 0. The molecule has 2 aliphatic heterocycles. The molecule has 2 atom stereocenters. The molecule has 3 rings (SSSR count). The van der Waals surface area contributed by atoms with Gasteiger partial charge >= 0.3 is 0 Å². The highest BCUT2D eigenvalue weighted by Gasteiger charge is 2.52. The molecule has 2 fully saturated rings. The van der Waals surface area contributed by atoms with Gasteiger partial charge in [0.15, 0.2) is 0 Å². The Morgan fingerprint density at radius 1 is 1.48 bits per heavy atom. The van der Waals surface area contributed by atoms with Gasteiger partial charge in [-0.05, 0) is 25.5 Å². The minimum absolute atomic E-state index is 0.00560. The van der Waals surface area contributed by atoms with Crippen LogP contribution in [0.1, 0.15) is 22.8 Å². The highest BCUT2D eigenvalue weighted by molar-refractivity contribution is 5.95. The van der Waals surface area contributed by atoms with Crippen LogP contribution < -0.4 is 0 Å². The van der Waals surface area contributed by atoms with Crippen molar-refractivity contribution in [1.82, 2.24) is 4.90 Å². The van der Waals surface area contributed by atoms with Crippen LogP contribution in [0.4, 0.5) is 0 Å². The van der Waals surface area contributed by atoms with Crippen molar-refractivity contribution in [3.05, 3.63) is 35.4 Å². The predicted molar refractivity (Wildman–Crippen MR) is 80.3 cm³/mol. The highest BCUT2D eigenvalue weighted by atomic mass is 16.5. The molecule has 0 unspecified atom stereocenters. The Morgan fingerprint density at radius 3 is 3.05 bits per heavy atom. The Hall–Kier alpha value is -1.39. The third-order valence-electron chi connectivity index (χ3n) is 4.78. The molecule has 0 aliphatic carbocycles. The molecular weight excluding hydrogens is 266 g/mol. The number of nitrogens with zero attached hydrogens (tertiary/aromatic N) is 1. The second-order valence-electron chi connectivity index (χ2n) is 6.21. The maximum Gasteiger partial charge on any atom is 0.254 e. The minimum atomic E-state index is -0.00560. The zero-order chi connectivity index (χ0) is 14.9. The molecule has 0 aromatic heterocycles. The van der Waals surface area contributed by atoms with E-state index < -0.39 is 0 Å². The van der Waals surface area contributed by atoms with E-state index in [0.717, 1.165) is 30.8 Å². The monoisotopic (exact) mass is 289 g/mol. The first-order valence-electron chi connectivity index (χ1n) is 7.67. The number of fused-ring (bicyclic) bond motifs is 1. The molecule has 2 aliphatic rings. The molecule has 4 heteroatoms. The number of carbonyl (C=O) groups excluding carboxylic acids is 1. The zero-order valence-electron chi connectivity index (χ0n) is 12.8. The van der Waals surface area contributed by atoms with Crippen molar-refractivity contribution < 1.29 is 14.3 Å². The van der Waals surface area contributed by atoms with Crippen LogP contribution in [-0.2, 0) is 9.47 Å². The summed E-state index contributed by atoms with van der Waals surface area (Å²) in [4.78, 5) is 14.7. The Labute approximate surface area is 126 Å². The quantitative estimate of drug-likeness (QED) is 0.852. The van der Waals surface area contributed by atoms with Gasteiger partial charge in [0, 0.05) is 36.6 Å². The van der Waals surface area contributed by atoms with Crippen LogP contribution in [0.5, 0.6) is 0 Å². The van der Waals surface area contributed by atoms with Crippen molar-refractivity contribution in [3.63, 3.8) is 0 Å². The molecule has 4 nitrogen and oxygen atoms in total. The van der Waals surface area contributed by atoms with Gasteiger partial charge in [-0.2, -0.15) is 0 Å². The van der Waals surface area contributed by atoms with Gasteiger partial charge in [-0.3, -0.25) is 4.79 Å². The third-order valence-corrected chi connectivity index (χ3v) is 4.78. The lowest BCUT2D eigenvalue weighted by molar-refractivity contribution is 0.0317. The second kappa shape index (κ2) is 5.78. The van der Waals surface area contributed by atoms with E-state index in [0.29, 0.717) is 25.7 Å². The number of rotatable bonds is 4. The zero-order valence-corrected chi connectivity index (χ0v) is 12.8. The molecule has 2 saturated heterocycles. The maximum atomic E-state index is 12.8. The van der Waals surface area contributed by atoms with Gasteiger partial charge < -0.3 is 14.4 Å². The molecule has 2 heterocycles. The summed E-state index contributed by atoms with van der Waals surface area (Å²) >= 11 is 0. The summed E-state index contributed by atoms with van der Waals surface area (Å²) in [5.41, 5.74) is 1.84. The molecule has 0 bridgehead atoms. The number of carbonyl (C=O) groups is 1. The fourth-order valence-electron chi connectivity index (χ4n) is 3.48. The van der Waals surface area contributed by atoms with Crippen LogP contribution in [0.2, 0.25) is 0 Å². The largest absolute Gasteiger partial charge is 0.381 e. The van der Waals surface area contributed by atoms with Crippen molar-refractivity contribution in [2.45, 2.75) is 13.8 Å². The van der Waals surface area contributed by atoms with E-state index in [1.807, 2.05) is 43.0 Å². The Kier molecular flexibility index (Phi) is 4.00. The van der Waals surface area contributed by atoms with E-state index in [-0.39, 0.29) is 11.3 Å². The van der Waals surface area contributed by atoms with Crippen LogP contribution in [0.15, 0.2) is 24.3 Å². The summed E-state index contributed by atoms with van der Waals surface area (Å²) < 4.78 is 11.3. The van der Waals surface area contributed by atoms with Crippen molar-refractivity contribution in [1.29, 1.82) is 0 Å². The molecule has 114 valence electrons. The van der Waals surface area contributed by atoms with E-state index in [9.17, 15) is 4.79 Å². The van der Waals surface area contributed by atoms with Crippen LogP contribution in [0.3, 0.4) is 0 Å². The number of amides is 1. The molecule has 21 heavy (non-hydrogen) atoms. The molecule has 1 aromatic carbocycles. The lowest BCUT2D eigenvalue weighted by Gasteiger charge is -2.26. The Bertz CT molecular complexity index is 531. The molecule has 0 spiro atoms. The fourth-order valence-corrected chi connectivity index (χ4v) is 3.48. The summed E-state index contributed by atoms with van der Waals surface area (Å²) in [6, 6.07) is 7.80. The minimum Gasteiger partial charge on any atom is -0.381 e. The first kappa shape index (κ1) is 14.5. The Morgan fingerprint density at radius 2 is 2.29 bits per heavy atom. The van der Waals surface area contributed by atoms with E-state index in [1.165, 1.54) is 0 Å². The van der Waals surface area contributed by atoms with Crippen molar-refractivity contribution in [2.75, 3.05) is 39.5 Å². The normalized spacial score (nSPS) is 27.9. The second-order valence-corrected chi connectivity index (χ2v) is 6.21. The van der Waals surface area contributed by atoms with Gasteiger partial charge in [0.25, 0.3) is 5.91 Å². The highest BCUT2D eigenvalue weighted by Crippen LogP contribution is 2.42. The number of hydrogen-bond donors (Lipinski definition) is 0. The van der Waals surface area contributed by atoms with Gasteiger partial charge in [0.2, 0.25) is 0 Å². The van der Waals surface area contributed by atoms with Crippen molar-refractivity contribution in [3.8, 4) is 0 Å². The number of hydrogen-bond acceptors (Lipinski definition) is 3. The number of benzene rings is 1. The van der Waals surface area contributed by atoms with Gasteiger partial charge in [0.1, 0.15) is 0 Å². The molecule has 1 amide bonds. The van der Waals surface area contributed by atoms with Gasteiger partial charge in [0.05, 0.1) is 19.8 Å². The van der Waals surface area contributed by atoms with Crippen LogP contribution in [-0.4, -0.2) is 50.3 Å². The fraction of sp³-hybridized carbons (Fsp3) is 0.588. The standard InChI is InChI=1S/C17H23NO3/c1-3-20-11-17-10-18(8-14(17)9-21-12-17)16(19)15-7-5-4-6-13(15)2/h4-7,14H,3,8-12H2,1-2H3/t14-,17-/m1/s1. The first-order valence-corrected chi connectivity index (χ1v) is 7.67. The van der Waals surface area contributed by atoms with Crippen LogP contribution in [0, 0.1) is 18.3 Å². The summed E-state index contributed by atoms with van der Waals surface area (Å²) in [7, 11) is 0. The number of ether oxygens (including phenoxy) is 2. The van der Waals surface area contributed by atoms with E-state index in [1.54, 1.807) is 0 Å². The summed E-state index contributed by atoms with van der Waals surface area (Å²) in [6.45, 7) is 8.35. The summed E-state index contributed by atoms with van der Waals surface area (Å²) in [5.74, 6) is 0.537. The average molecular weight is 289 g/mol. The number of likely N-dealkylation sites (tertiary alicyclic amines) is 1. The first-order chi connectivity index (χ1) is 10.2. The van der Waals surface area contributed by atoms with Crippen LogP contribution in [0.25, 0.3) is 0 Å². The summed E-state index contributed by atoms with van der Waals surface area (Å²) in [5, 5.41) is 0. The average Bonchev–Trinajstić information content (AvgIpc) is 3.02. The number of aryl methyl sites for hydroxylation is 1. The van der Waals surface area contributed by atoms with E-state index in [4.69, 9.17) is 9.47 Å². The lowest BCUT2D eigenvalue weighted by atomic mass is 9.82. The molecular formula is C17H23NO3. The predicted octanol–water partition coefficient (Wildman–Crippen LogP) is 2.12. The lowest BCUT2D eigenvalue weighted by Crippen LogP contribution is -2.37. The topological polar surface area (TPSA) is 38.8 Å². The molecule has 0 N–H and O–H groups in total. The van der Waals surface area contributed by atoms with Gasteiger partial charge in [-0.25, -0.2) is 0 Å². The molecule has 1 aromatic rings.